The Labute approximate surface area is 352 Å². The molecule has 0 aliphatic heterocycles. The van der Waals surface area contributed by atoms with Gasteiger partial charge >= 0.3 is 23.9 Å². The van der Waals surface area contributed by atoms with Crippen LogP contribution in [0, 0.1) is 0 Å². The van der Waals surface area contributed by atoms with Gasteiger partial charge in [-0.05, 0) is 104 Å². The molecule has 5 rings (SSSR count). The smallest absolute Gasteiger partial charge is 0.330 e. The molecule has 0 saturated heterocycles. The second-order valence-electron chi connectivity index (χ2n) is 13.1. The number of nitrogens with zero attached hydrogens (tertiary/aromatic N) is 2. The number of unbranched alkanes of at least 4 members (excludes halogenated alkanes) is 2. The Bertz CT molecular complexity index is 2200. The van der Waals surface area contributed by atoms with E-state index in [2.05, 4.69) is 28.7 Å². The lowest BCUT2D eigenvalue weighted by Gasteiger charge is -2.11. The summed E-state index contributed by atoms with van der Waals surface area (Å²) in [7, 11) is 0. The lowest BCUT2D eigenvalue weighted by molar-refractivity contribution is -0.138. The fourth-order valence-electron chi connectivity index (χ4n) is 5.47. The number of fused-ring (bicyclic) bond motifs is 1. The van der Waals surface area contributed by atoms with E-state index in [1.807, 2.05) is 72.8 Å². The van der Waals surface area contributed by atoms with E-state index >= 15 is 0 Å². The Morgan fingerprint density at radius 2 is 1.18 bits per heavy atom. The molecule has 0 spiro atoms. The van der Waals surface area contributed by atoms with Crippen LogP contribution < -0.4 is 24.4 Å². The van der Waals surface area contributed by atoms with E-state index in [4.69, 9.17) is 28.4 Å². The van der Waals surface area contributed by atoms with Gasteiger partial charge in [0.15, 0.2) is 0 Å². The minimum absolute atomic E-state index is 0.114. The molecule has 13 nitrogen and oxygen atoms in total. The zero-order chi connectivity index (χ0) is 42.4. The van der Waals surface area contributed by atoms with Crippen molar-refractivity contribution in [3.8, 4) is 23.0 Å². The van der Waals surface area contributed by atoms with Crippen LogP contribution in [0.4, 0.5) is 5.13 Å². The van der Waals surface area contributed by atoms with E-state index < -0.39 is 23.9 Å². The molecule has 14 heteroatoms. The van der Waals surface area contributed by atoms with Crippen molar-refractivity contribution in [2.75, 3.05) is 31.9 Å². The number of hydrogen-bond donors (Lipinski definition) is 1. The van der Waals surface area contributed by atoms with Crippen molar-refractivity contribution in [2.45, 2.75) is 51.4 Å². The van der Waals surface area contributed by atoms with E-state index in [-0.39, 0.29) is 24.3 Å². The number of rotatable bonds is 25. The molecule has 5 aromatic rings. The van der Waals surface area contributed by atoms with Gasteiger partial charge in [-0.15, -0.1) is 0 Å². The largest absolute Gasteiger partial charge is 0.494 e. The Hall–Kier alpha value is -6.80. The minimum atomic E-state index is -0.450. The lowest BCUT2D eigenvalue weighted by Crippen LogP contribution is -2.12. The number of para-hydroxylation sites is 1. The van der Waals surface area contributed by atoms with Gasteiger partial charge in [-0.3, -0.25) is 15.0 Å². The summed E-state index contributed by atoms with van der Waals surface area (Å²) >= 11 is 1.44. The number of carbonyl (C=O) groups is 4. The van der Waals surface area contributed by atoms with E-state index in [1.54, 1.807) is 18.2 Å². The highest BCUT2D eigenvalue weighted by Gasteiger charge is 2.14. The maximum Gasteiger partial charge on any atom is 0.330 e. The molecule has 1 N–H and O–H groups in total. The zero-order valence-corrected chi connectivity index (χ0v) is 34.0. The molecule has 312 valence electrons. The minimum Gasteiger partial charge on any atom is -0.494 e. The van der Waals surface area contributed by atoms with Crippen molar-refractivity contribution in [1.82, 2.24) is 4.98 Å². The number of aryl methyl sites for hydroxylation is 2. The molecule has 1 heterocycles. The fraction of sp³-hybridized carbons (Fsp3) is 0.261. The number of thiazole rings is 1. The van der Waals surface area contributed by atoms with Crippen LogP contribution in [0.2, 0.25) is 0 Å². The van der Waals surface area contributed by atoms with Crippen molar-refractivity contribution >= 4 is 56.8 Å². The molecule has 0 radical (unpaired) electrons. The summed E-state index contributed by atoms with van der Waals surface area (Å²) in [6, 6.07) is 27.4. The highest BCUT2D eigenvalue weighted by molar-refractivity contribution is 7.22. The highest BCUT2D eigenvalue weighted by atomic mass is 32.1. The zero-order valence-electron chi connectivity index (χ0n) is 33.2. The second-order valence-corrected chi connectivity index (χ2v) is 14.2. The predicted octanol–water partition coefficient (Wildman–Crippen LogP) is 8.60. The van der Waals surface area contributed by atoms with Crippen LogP contribution >= 0.6 is 11.3 Å². The van der Waals surface area contributed by atoms with Crippen LogP contribution in [0.15, 0.2) is 121 Å². The fourth-order valence-corrected chi connectivity index (χ4v) is 6.28. The van der Waals surface area contributed by atoms with Crippen molar-refractivity contribution < 1.29 is 47.6 Å². The monoisotopic (exact) mass is 833 g/mol. The molecule has 1 aromatic heterocycles. The molecule has 0 amide bonds. The van der Waals surface area contributed by atoms with Gasteiger partial charge < -0.3 is 28.4 Å². The molecule has 0 atom stereocenters. The predicted molar refractivity (Wildman–Crippen MR) is 230 cm³/mol. The van der Waals surface area contributed by atoms with Gasteiger partial charge in [0.05, 0.1) is 42.9 Å². The number of hydrazone groups is 1. The summed E-state index contributed by atoms with van der Waals surface area (Å²) in [5.41, 5.74) is 6.06. The molecule has 0 fully saturated rings. The first-order valence-corrected chi connectivity index (χ1v) is 20.3. The third-order valence-electron chi connectivity index (χ3n) is 8.61. The number of nitrogens with one attached hydrogen (secondary N) is 1. The first kappa shape index (κ1) is 44.3. The van der Waals surface area contributed by atoms with Crippen molar-refractivity contribution in [3.05, 3.63) is 133 Å². The molecule has 0 aliphatic carbocycles. The Kier molecular flexibility index (Phi) is 17.9. The topological polar surface area (TPSA) is 161 Å². The molecule has 60 heavy (non-hydrogen) atoms. The maximum absolute atomic E-state index is 13.0. The van der Waals surface area contributed by atoms with Crippen LogP contribution in [0.25, 0.3) is 10.2 Å². The molecule has 0 saturated carbocycles. The lowest BCUT2D eigenvalue weighted by atomic mass is 10.1. The summed E-state index contributed by atoms with van der Waals surface area (Å²) in [6.45, 7) is 8.32. The summed E-state index contributed by atoms with van der Waals surface area (Å²) in [5, 5.41) is 4.93. The van der Waals surface area contributed by atoms with E-state index in [0.29, 0.717) is 74.3 Å². The Balaban J connectivity index is 1.12. The highest BCUT2D eigenvalue weighted by Crippen LogP contribution is 2.27. The van der Waals surface area contributed by atoms with Crippen molar-refractivity contribution in [3.63, 3.8) is 0 Å². The summed E-state index contributed by atoms with van der Waals surface area (Å²) in [4.78, 5) is 52.7. The number of ether oxygens (including phenoxy) is 6. The van der Waals surface area contributed by atoms with Gasteiger partial charge in [0, 0.05) is 30.6 Å². The molecule has 0 bridgehead atoms. The van der Waals surface area contributed by atoms with Gasteiger partial charge in [-0.1, -0.05) is 60.9 Å². The molecular weight excluding hydrogens is 787 g/mol. The number of benzene rings is 4. The SMILES string of the molecule is C=CC(=O)OCCCCOc1ccc(CCC(=O)Oc2ccc(OC(=O)CCc3ccc(OCCCCOC(=O)C=C)cc3)c(/C=N/Nc3nc4ccccc4s3)c2)cc1. The van der Waals surface area contributed by atoms with Gasteiger partial charge in [0.1, 0.15) is 23.0 Å². The first-order chi connectivity index (χ1) is 29.3. The number of anilines is 1. The molecular formula is C46H47N3O10S. The molecule has 0 aliphatic rings. The average Bonchev–Trinajstić information content (AvgIpc) is 3.69. The van der Waals surface area contributed by atoms with Crippen LogP contribution in [0.5, 0.6) is 23.0 Å². The molecule has 0 unspecified atom stereocenters. The first-order valence-electron chi connectivity index (χ1n) is 19.5. The van der Waals surface area contributed by atoms with E-state index in [0.717, 1.165) is 46.3 Å². The summed E-state index contributed by atoms with van der Waals surface area (Å²) < 4.78 is 33.9. The third kappa shape index (κ3) is 15.5. The Morgan fingerprint density at radius 3 is 1.75 bits per heavy atom. The van der Waals surface area contributed by atoms with Gasteiger partial charge in [0.2, 0.25) is 5.13 Å². The summed E-state index contributed by atoms with van der Waals surface area (Å²) in [6.07, 6.45) is 7.71. The van der Waals surface area contributed by atoms with Crippen molar-refractivity contribution in [2.24, 2.45) is 5.10 Å². The van der Waals surface area contributed by atoms with Gasteiger partial charge in [-0.2, -0.15) is 5.10 Å². The third-order valence-corrected chi connectivity index (χ3v) is 9.55. The second kappa shape index (κ2) is 24.2. The van der Waals surface area contributed by atoms with Crippen LogP contribution in [0.3, 0.4) is 0 Å². The maximum atomic E-state index is 13.0. The number of aromatic nitrogens is 1. The number of hydrogen-bond acceptors (Lipinski definition) is 14. The van der Waals surface area contributed by atoms with Gasteiger partial charge in [0.25, 0.3) is 0 Å². The van der Waals surface area contributed by atoms with Crippen LogP contribution in [-0.4, -0.2) is 61.5 Å². The van der Waals surface area contributed by atoms with Crippen molar-refractivity contribution in [1.29, 1.82) is 0 Å². The van der Waals surface area contributed by atoms with Crippen LogP contribution in [-0.2, 0) is 41.5 Å². The Morgan fingerprint density at radius 1 is 0.650 bits per heavy atom. The number of esters is 4. The average molecular weight is 834 g/mol. The molecule has 4 aromatic carbocycles. The standard InChI is InChI=1S/C46H47N3O10S/c1-3-42(50)56-29-9-7-27-54-36-19-13-33(14-20-36)17-25-44(52)58-38-23-24-40(35(31-38)32-47-49-46-48-39-11-5-6-12-41(39)60-46)59-45(53)26-18-34-15-21-37(22-16-34)55-28-8-10-30-57-43(51)4-2/h3-6,11-16,19-24,31-32H,1-2,7-10,17-18,25-30H2,(H,48,49)/b47-32+. The normalized spacial score (nSPS) is 10.8. The van der Waals surface area contributed by atoms with Crippen LogP contribution in [0.1, 0.15) is 55.2 Å². The summed E-state index contributed by atoms with van der Waals surface area (Å²) in [5.74, 6) is 0.149. The van der Waals surface area contributed by atoms with E-state index in [9.17, 15) is 19.2 Å². The van der Waals surface area contributed by atoms with Gasteiger partial charge in [-0.25, -0.2) is 14.6 Å². The quantitative estimate of drug-likeness (QED) is 0.0149. The number of carbonyl (C=O) groups excluding carboxylic acids is 4. The van der Waals surface area contributed by atoms with E-state index in [1.165, 1.54) is 17.6 Å².